The van der Waals surface area contributed by atoms with E-state index in [0.29, 0.717) is 16.7 Å². The van der Waals surface area contributed by atoms with Crippen LogP contribution in [0.2, 0.25) is 0 Å². The number of fused-ring (bicyclic) bond motifs is 1. The van der Waals surface area contributed by atoms with Crippen LogP contribution in [0.3, 0.4) is 0 Å². The summed E-state index contributed by atoms with van der Waals surface area (Å²) in [5, 5.41) is 9.99. The van der Waals surface area contributed by atoms with Crippen LogP contribution >= 0.6 is 11.8 Å². The molecule has 0 spiro atoms. The van der Waals surface area contributed by atoms with Crippen LogP contribution in [0.15, 0.2) is 52.1 Å². The first kappa shape index (κ1) is 11.9. The lowest BCUT2D eigenvalue weighted by Gasteiger charge is -1.98. The van der Waals surface area contributed by atoms with Gasteiger partial charge in [0.2, 0.25) is 0 Å². The molecule has 0 fully saturated rings. The maximum Gasteiger partial charge on any atom is 0.257 e. The zero-order chi connectivity index (χ0) is 13.2. The van der Waals surface area contributed by atoms with Crippen LogP contribution in [0, 0.1) is 0 Å². The molecule has 0 aliphatic carbocycles. The number of nitrogens with zero attached hydrogens (tertiary/aromatic N) is 1. The maximum absolute atomic E-state index is 9.39. The quantitative estimate of drug-likeness (QED) is 0.564. The normalized spacial score (nSPS) is 10.9. The fourth-order valence-electron chi connectivity index (χ4n) is 1.78. The lowest BCUT2D eigenvalue weighted by Crippen LogP contribution is -1.82. The van der Waals surface area contributed by atoms with Gasteiger partial charge >= 0.3 is 0 Å². The first-order valence-corrected chi connectivity index (χ1v) is 6.76. The Labute approximate surface area is 114 Å². The highest BCUT2D eigenvalue weighted by Gasteiger charge is 2.07. The van der Waals surface area contributed by atoms with E-state index in [2.05, 4.69) is 4.98 Å². The van der Waals surface area contributed by atoms with Crippen molar-refractivity contribution in [1.29, 1.82) is 0 Å². The molecule has 19 heavy (non-hydrogen) atoms. The summed E-state index contributed by atoms with van der Waals surface area (Å²) in [5.74, 6) is 0.958. The molecular weight excluding hydrogens is 260 g/mol. The molecule has 0 atom stereocenters. The highest BCUT2D eigenvalue weighted by molar-refractivity contribution is 7.98. The monoisotopic (exact) mass is 272 g/mol. The number of nitrogen functional groups attached to an aromatic ring is 1. The van der Waals surface area contributed by atoms with Crippen molar-refractivity contribution in [2.45, 2.75) is 11.0 Å². The van der Waals surface area contributed by atoms with Gasteiger partial charge in [-0.3, -0.25) is 0 Å². The van der Waals surface area contributed by atoms with Crippen LogP contribution in [0.25, 0.3) is 11.1 Å². The number of phenols is 1. The number of rotatable bonds is 3. The number of phenolic OH excluding ortho intramolecular Hbond substituents is 1. The van der Waals surface area contributed by atoms with E-state index < -0.39 is 0 Å². The predicted octanol–water partition coefficient (Wildman–Crippen LogP) is 3.41. The largest absolute Gasteiger partial charge is 0.508 e. The zero-order valence-corrected chi connectivity index (χ0v) is 10.9. The average Bonchev–Trinajstić information content (AvgIpc) is 2.78. The Morgan fingerprint density at radius 1 is 1.21 bits per heavy atom. The van der Waals surface area contributed by atoms with E-state index in [4.69, 9.17) is 10.2 Å². The minimum Gasteiger partial charge on any atom is -0.508 e. The number of benzene rings is 2. The van der Waals surface area contributed by atoms with E-state index in [1.54, 1.807) is 24.3 Å². The van der Waals surface area contributed by atoms with Gasteiger partial charge in [-0.1, -0.05) is 23.9 Å². The van der Waals surface area contributed by atoms with E-state index in [1.807, 2.05) is 18.2 Å². The lowest BCUT2D eigenvalue weighted by molar-refractivity contribution is 0.474. The summed E-state index contributed by atoms with van der Waals surface area (Å²) in [6.07, 6.45) is 0. The Kier molecular flexibility index (Phi) is 3.05. The number of hydrogen-bond acceptors (Lipinski definition) is 5. The minimum absolute atomic E-state index is 0.267. The first-order valence-electron chi connectivity index (χ1n) is 5.77. The maximum atomic E-state index is 9.39. The Morgan fingerprint density at radius 2 is 2.11 bits per heavy atom. The third-order valence-electron chi connectivity index (χ3n) is 2.66. The average molecular weight is 272 g/mol. The third-order valence-corrected chi connectivity index (χ3v) is 3.56. The standard InChI is InChI=1S/C14H12N2O2S/c15-10-4-5-13-12(7-10)16-14(18-13)19-8-9-2-1-3-11(17)6-9/h1-7,17H,8,15H2. The Balaban J connectivity index is 1.78. The topological polar surface area (TPSA) is 72.3 Å². The molecule has 0 saturated carbocycles. The molecule has 0 saturated heterocycles. The molecule has 3 N–H and O–H groups in total. The van der Waals surface area contributed by atoms with Crippen molar-refractivity contribution < 1.29 is 9.52 Å². The molecule has 0 unspecified atom stereocenters. The van der Waals surface area contributed by atoms with E-state index in [9.17, 15) is 5.11 Å². The number of aromatic nitrogens is 1. The molecule has 1 aromatic heterocycles. The lowest BCUT2D eigenvalue weighted by atomic mass is 10.2. The number of nitrogens with two attached hydrogens (primary N) is 1. The third kappa shape index (κ3) is 2.66. The highest BCUT2D eigenvalue weighted by atomic mass is 32.2. The molecule has 4 nitrogen and oxygen atoms in total. The summed E-state index contributed by atoms with van der Waals surface area (Å²) in [6, 6.07) is 12.5. The van der Waals surface area contributed by atoms with Crippen molar-refractivity contribution in [1.82, 2.24) is 4.98 Å². The summed E-state index contributed by atoms with van der Waals surface area (Å²) in [6.45, 7) is 0. The smallest absolute Gasteiger partial charge is 0.257 e. The van der Waals surface area contributed by atoms with Gasteiger partial charge in [-0.2, -0.15) is 0 Å². The molecule has 1 heterocycles. The Hall–Kier alpha value is -2.14. The van der Waals surface area contributed by atoms with Crippen molar-refractivity contribution in [2.75, 3.05) is 5.73 Å². The van der Waals surface area contributed by atoms with Gasteiger partial charge in [0.05, 0.1) is 0 Å². The van der Waals surface area contributed by atoms with E-state index in [1.165, 1.54) is 11.8 Å². The van der Waals surface area contributed by atoms with Crippen molar-refractivity contribution in [3.8, 4) is 5.75 Å². The van der Waals surface area contributed by atoms with Crippen LogP contribution in [-0.2, 0) is 5.75 Å². The van der Waals surface area contributed by atoms with Crippen molar-refractivity contribution >= 4 is 28.5 Å². The van der Waals surface area contributed by atoms with Gasteiger partial charge in [0.25, 0.3) is 5.22 Å². The van der Waals surface area contributed by atoms with Crippen LogP contribution < -0.4 is 5.73 Å². The molecule has 96 valence electrons. The second-order valence-electron chi connectivity index (χ2n) is 4.17. The van der Waals surface area contributed by atoms with Gasteiger partial charge < -0.3 is 15.3 Å². The molecule has 3 aromatic rings. The Bertz CT molecular complexity index is 724. The molecule has 3 rings (SSSR count). The molecular formula is C14H12N2O2S. The van der Waals surface area contributed by atoms with E-state index in [0.717, 1.165) is 16.7 Å². The van der Waals surface area contributed by atoms with Gasteiger partial charge in [-0.05, 0) is 35.9 Å². The molecule has 0 aliphatic heterocycles. The number of oxazole rings is 1. The number of aromatic hydroxyl groups is 1. The summed E-state index contributed by atoms with van der Waals surface area (Å²) < 4.78 is 5.61. The zero-order valence-electron chi connectivity index (χ0n) is 10.0. The fraction of sp³-hybridized carbons (Fsp3) is 0.0714. The van der Waals surface area contributed by atoms with Crippen molar-refractivity contribution in [3.05, 3.63) is 48.0 Å². The molecule has 0 aliphatic rings. The summed E-state index contributed by atoms with van der Waals surface area (Å²) >= 11 is 1.48. The van der Waals surface area contributed by atoms with Crippen molar-refractivity contribution in [3.63, 3.8) is 0 Å². The van der Waals surface area contributed by atoms with Crippen LogP contribution in [0.1, 0.15) is 5.56 Å². The predicted molar refractivity (Wildman–Crippen MR) is 76.1 cm³/mol. The van der Waals surface area contributed by atoms with Gasteiger partial charge in [0.15, 0.2) is 5.58 Å². The SMILES string of the molecule is Nc1ccc2oc(SCc3cccc(O)c3)nc2c1. The fourth-order valence-corrected chi connectivity index (χ4v) is 2.56. The van der Waals surface area contributed by atoms with Crippen molar-refractivity contribution in [2.24, 2.45) is 0 Å². The Morgan fingerprint density at radius 3 is 2.95 bits per heavy atom. The van der Waals surface area contributed by atoms with Gasteiger partial charge in [0, 0.05) is 11.4 Å². The molecule has 0 radical (unpaired) electrons. The van der Waals surface area contributed by atoms with E-state index in [-0.39, 0.29) is 5.75 Å². The number of hydrogen-bond donors (Lipinski definition) is 2. The minimum atomic E-state index is 0.267. The second-order valence-corrected chi connectivity index (χ2v) is 5.09. The van der Waals surface area contributed by atoms with Crippen LogP contribution in [0.4, 0.5) is 5.69 Å². The van der Waals surface area contributed by atoms with Crippen LogP contribution in [0.5, 0.6) is 5.75 Å². The molecule has 5 heteroatoms. The van der Waals surface area contributed by atoms with Gasteiger partial charge in [-0.15, -0.1) is 0 Å². The number of anilines is 1. The number of thioether (sulfide) groups is 1. The van der Waals surface area contributed by atoms with Gasteiger partial charge in [-0.25, -0.2) is 4.98 Å². The molecule has 2 aromatic carbocycles. The van der Waals surface area contributed by atoms with E-state index >= 15 is 0 Å². The van der Waals surface area contributed by atoms with Crippen LogP contribution in [-0.4, -0.2) is 10.1 Å². The summed E-state index contributed by atoms with van der Waals surface area (Å²) in [5.41, 5.74) is 8.88. The highest BCUT2D eigenvalue weighted by Crippen LogP contribution is 2.27. The molecule has 0 bridgehead atoms. The second kappa shape index (κ2) is 4.85. The summed E-state index contributed by atoms with van der Waals surface area (Å²) in [7, 11) is 0. The molecule has 0 amide bonds. The van der Waals surface area contributed by atoms with Gasteiger partial charge in [0.1, 0.15) is 11.3 Å². The first-order chi connectivity index (χ1) is 9.20. The summed E-state index contributed by atoms with van der Waals surface area (Å²) in [4.78, 5) is 4.36.